The van der Waals surface area contributed by atoms with E-state index in [4.69, 9.17) is 0 Å². The van der Waals surface area contributed by atoms with E-state index < -0.39 is 11.7 Å². The van der Waals surface area contributed by atoms with E-state index in [1.54, 1.807) is 18.5 Å². The SMILES string of the molecule is FC(F)(F)c1cccc2c1N[C@H](c1cccnc1)[C@H]1CC=C[C@H]21. The molecule has 0 spiro atoms. The highest BCUT2D eigenvalue weighted by Crippen LogP contribution is 2.52. The second-order valence-electron chi connectivity index (χ2n) is 6.03. The fourth-order valence-electron chi connectivity index (χ4n) is 3.75. The molecule has 2 aromatic rings. The van der Waals surface area contributed by atoms with Crippen LogP contribution < -0.4 is 5.32 Å². The first-order valence-corrected chi connectivity index (χ1v) is 7.59. The highest BCUT2D eigenvalue weighted by molar-refractivity contribution is 5.65. The van der Waals surface area contributed by atoms with E-state index in [-0.39, 0.29) is 23.6 Å². The number of fused-ring (bicyclic) bond motifs is 3. The first-order chi connectivity index (χ1) is 11.1. The molecule has 0 radical (unpaired) electrons. The van der Waals surface area contributed by atoms with Crippen molar-refractivity contribution in [1.82, 2.24) is 4.98 Å². The van der Waals surface area contributed by atoms with Crippen molar-refractivity contribution in [2.24, 2.45) is 5.92 Å². The van der Waals surface area contributed by atoms with Crippen molar-refractivity contribution in [2.45, 2.75) is 24.6 Å². The van der Waals surface area contributed by atoms with Crippen molar-refractivity contribution in [3.8, 4) is 0 Å². The van der Waals surface area contributed by atoms with Crippen LogP contribution >= 0.6 is 0 Å². The van der Waals surface area contributed by atoms with Gasteiger partial charge in [0.15, 0.2) is 0 Å². The number of anilines is 1. The van der Waals surface area contributed by atoms with E-state index in [0.717, 1.165) is 23.6 Å². The number of benzene rings is 1. The first-order valence-electron chi connectivity index (χ1n) is 7.59. The maximum Gasteiger partial charge on any atom is 0.418 e. The topological polar surface area (TPSA) is 24.9 Å². The number of aromatic nitrogens is 1. The molecule has 0 amide bonds. The van der Waals surface area contributed by atoms with Crippen LogP contribution in [-0.2, 0) is 6.18 Å². The molecule has 5 heteroatoms. The highest BCUT2D eigenvalue weighted by atomic mass is 19.4. The summed E-state index contributed by atoms with van der Waals surface area (Å²) in [6, 6.07) is 8.01. The average Bonchev–Trinajstić information content (AvgIpc) is 3.03. The summed E-state index contributed by atoms with van der Waals surface area (Å²) in [6.07, 6.45) is 3.99. The van der Waals surface area contributed by atoms with Crippen molar-refractivity contribution in [3.63, 3.8) is 0 Å². The minimum Gasteiger partial charge on any atom is -0.377 e. The Morgan fingerprint density at radius 2 is 2.00 bits per heavy atom. The van der Waals surface area contributed by atoms with Crippen LogP contribution in [0.5, 0.6) is 0 Å². The van der Waals surface area contributed by atoms with Gasteiger partial charge in [-0.05, 0) is 35.6 Å². The molecule has 0 saturated carbocycles. The number of hydrogen-bond acceptors (Lipinski definition) is 2. The predicted molar refractivity (Wildman–Crippen MR) is 82.0 cm³/mol. The fourth-order valence-corrected chi connectivity index (χ4v) is 3.75. The normalized spacial score (nSPS) is 25.6. The standard InChI is InChI=1S/C18H15F3N2/c19-18(20,21)15-8-2-7-14-12-5-1-6-13(12)16(23-17(14)15)11-4-3-9-22-10-11/h1-5,7-10,12-13,16,23H,6H2/t12-,13-,16+/m0/s1. The lowest BCUT2D eigenvalue weighted by Crippen LogP contribution is -2.30. The second kappa shape index (κ2) is 5.11. The van der Waals surface area contributed by atoms with Gasteiger partial charge in [0.05, 0.1) is 17.3 Å². The molecule has 0 saturated heterocycles. The number of hydrogen-bond donors (Lipinski definition) is 1. The van der Waals surface area contributed by atoms with Crippen LogP contribution in [0, 0.1) is 5.92 Å². The smallest absolute Gasteiger partial charge is 0.377 e. The van der Waals surface area contributed by atoms with Crippen molar-refractivity contribution < 1.29 is 13.2 Å². The molecule has 0 fully saturated rings. The fraction of sp³-hybridized carbons (Fsp3) is 0.278. The molecule has 0 unspecified atom stereocenters. The van der Waals surface area contributed by atoms with Crippen LogP contribution in [0.2, 0.25) is 0 Å². The molecule has 4 rings (SSSR count). The lowest BCUT2D eigenvalue weighted by Gasteiger charge is -2.38. The molecule has 2 heterocycles. The van der Waals surface area contributed by atoms with Gasteiger partial charge in [-0.25, -0.2) is 0 Å². The van der Waals surface area contributed by atoms with Crippen molar-refractivity contribution in [3.05, 3.63) is 71.6 Å². The Kier molecular flexibility index (Phi) is 3.18. The number of allylic oxidation sites excluding steroid dienone is 2. The third-order valence-corrected chi connectivity index (χ3v) is 4.75. The molecule has 2 aliphatic rings. The minimum absolute atomic E-state index is 0.0127. The Morgan fingerprint density at radius 1 is 1.13 bits per heavy atom. The van der Waals surface area contributed by atoms with Gasteiger partial charge >= 0.3 is 6.18 Å². The zero-order valence-corrected chi connectivity index (χ0v) is 12.2. The van der Waals surface area contributed by atoms with Gasteiger partial charge in [0, 0.05) is 18.3 Å². The largest absolute Gasteiger partial charge is 0.418 e. The van der Waals surface area contributed by atoms with Gasteiger partial charge in [0.1, 0.15) is 0 Å². The van der Waals surface area contributed by atoms with Crippen molar-refractivity contribution >= 4 is 5.69 Å². The van der Waals surface area contributed by atoms with Gasteiger partial charge in [-0.3, -0.25) is 4.98 Å². The van der Waals surface area contributed by atoms with E-state index in [1.807, 2.05) is 18.2 Å². The zero-order chi connectivity index (χ0) is 16.0. The van der Waals surface area contributed by atoms with Crippen LogP contribution in [0.1, 0.15) is 35.1 Å². The number of para-hydroxylation sites is 1. The van der Waals surface area contributed by atoms with Crippen LogP contribution in [0.3, 0.4) is 0 Å². The second-order valence-corrected chi connectivity index (χ2v) is 6.03. The predicted octanol–water partition coefficient (Wildman–Crippen LogP) is 4.93. The molecule has 1 N–H and O–H groups in total. The summed E-state index contributed by atoms with van der Waals surface area (Å²) in [5.41, 5.74) is 1.27. The third-order valence-electron chi connectivity index (χ3n) is 4.75. The summed E-state index contributed by atoms with van der Waals surface area (Å²) in [7, 11) is 0. The molecule has 3 atom stereocenters. The molecule has 118 valence electrons. The van der Waals surface area contributed by atoms with E-state index in [1.165, 1.54) is 6.07 Å². The summed E-state index contributed by atoms with van der Waals surface area (Å²) in [6.45, 7) is 0. The van der Waals surface area contributed by atoms with Gasteiger partial charge in [0.2, 0.25) is 0 Å². The quantitative estimate of drug-likeness (QED) is 0.755. The lowest BCUT2D eigenvalue weighted by molar-refractivity contribution is -0.137. The Bertz CT molecular complexity index is 753. The van der Waals surface area contributed by atoms with Crippen LogP contribution in [0.15, 0.2) is 54.9 Å². The zero-order valence-electron chi connectivity index (χ0n) is 12.2. The van der Waals surface area contributed by atoms with Crippen LogP contribution in [0.4, 0.5) is 18.9 Å². The number of halogens is 3. The lowest BCUT2D eigenvalue weighted by atomic mass is 9.76. The highest BCUT2D eigenvalue weighted by Gasteiger charge is 2.42. The number of pyridine rings is 1. The summed E-state index contributed by atoms with van der Waals surface area (Å²) in [5, 5.41) is 3.16. The molecule has 0 bridgehead atoms. The average molecular weight is 316 g/mol. The van der Waals surface area contributed by atoms with Gasteiger partial charge in [0.25, 0.3) is 0 Å². The molecule has 1 aliphatic carbocycles. The van der Waals surface area contributed by atoms with E-state index in [2.05, 4.69) is 16.4 Å². The maximum absolute atomic E-state index is 13.4. The van der Waals surface area contributed by atoms with E-state index >= 15 is 0 Å². The number of rotatable bonds is 1. The summed E-state index contributed by atoms with van der Waals surface area (Å²) >= 11 is 0. The molecule has 1 aromatic heterocycles. The van der Waals surface area contributed by atoms with Gasteiger partial charge in [-0.1, -0.05) is 30.4 Å². The number of nitrogens with one attached hydrogen (secondary N) is 1. The molecule has 2 nitrogen and oxygen atoms in total. The molecular weight excluding hydrogens is 301 g/mol. The number of nitrogens with zero attached hydrogens (tertiary/aromatic N) is 1. The summed E-state index contributed by atoms with van der Waals surface area (Å²) in [4.78, 5) is 4.12. The van der Waals surface area contributed by atoms with E-state index in [9.17, 15) is 13.2 Å². The maximum atomic E-state index is 13.4. The molecule has 1 aliphatic heterocycles. The van der Waals surface area contributed by atoms with Gasteiger partial charge in [-0.15, -0.1) is 0 Å². The summed E-state index contributed by atoms with van der Waals surface area (Å²) < 4.78 is 40.1. The molecular formula is C18H15F3N2. The van der Waals surface area contributed by atoms with Crippen molar-refractivity contribution in [2.75, 3.05) is 5.32 Å². The molecule has 1 aromatic carbocycles. The Labute approximate surface area is 132 Å². The summed E-state index contributed by atoms with van der Waals surface area (Å²) in [5.74, 6) is 0.230. The van der Waals surface area contributed by atoms with Crippen molar-refractivity contribution in [1.29, 1.82) is 0 Å². The monoisotopic (exact) mass is 316 g/mol. The Hall–Kier alpha value is -2.30. The van der Waals surface area contributed by atoms with Crippen LogP contribution in [-0.4, -0.2) is 4.98 Å². The Balaban J connectivity index is 1.86. The van der Waals surface area contributed by atoms with E-state index in [0.29, 0.717) is 0 Å². The van der Waals surface area contributed by atoms with Crippen LogP contribution in [0.25, 0.3) is 0 Å². The first kappa shape index (κ1) is 14.3. The van der Waals surface area contributed by atoms with Gasteiger partial charge in [-0.2, -0.15) is 13.2 Å². The molecule has 23 heavy (non-hydrogen) atoms. The number of alkyl halides is 3. The van der Waals surface area contributed by atoms with Gasteiger partial charge < -0.3 is 5.32 Å². The minimum atomic E-state index is -4.37. The Morgan fingerprint density at radius 3 is 2.74 bits per heavy atom. The third kappa shape index (κ3) is 2.31.